The molecule has 3 rings (SSSR count). The van der Waals surface area contributed by atoms with Crippen molar-refractivity contribution in [3.05, 3.63) is 59.7 Å². The minimum Gasteiger partial charge on any atom is -0.496 e. The molecule has 0 bridgehead atoms. The Labute approximate surface area is 139 Å². The zero-order valence-corrected chi connectivity index (χ0v) is 13.2. The standard InChI is InChI=1S/C18H18N2O4/c1-24-16-8-7-14(20-17(22)15(11-21)19-18(20)23)10-13(16)9-12-5-3-2-4-6-12/h2-8,10,15,21H,9,11H2,1H3,(H,19,23). The third-order valence-corrected chi connectivity index (χ3v) is 3.96. The maximum atomic E-state index is 12.2. The van der Waals surface area contributed by atoms with E-state index >= 15 is 0 Å². The summed E-state index contributed by atoms with van der Waals surface area (Å²) in [7, 11) is 1.58. The molecule has 6 nitrogen and oxygen atoms in total. The molecule has 2 N–H and O–H groups in total. The van der Waals surface area contributed by atoms with Crippen molar-refractivity contribution in [1.29, 1.82) is 0 Å². The van der Waals surface area contributed by atoms with Crippen LogP contribution in [0.1, 0.15) is 11.1 Å². The van der Waals surface area contributed by atoms with E-state index in [4.69, 9.17) is 9.84 Å². The molecule has 0 aromatic heterocycles. The second kappa shape index (κ2) is 6.72. The molecule has 124 valence electrons. The Morgan fingerprint density at radius 3 is 2.54 bits per heavy atom. The van der Waals surface area contributed by atoms with Gasteiger partial charge in [0.15, 0.2) is 0 Å². The number of methoxy groups -OCH3 is 1. The zero-order chi connectivity index (χ0) is 17.1. The molecular weight excluding hydrogens is 308 g/mol. The first kappa shape index (κ1) is 16.0. The molecule has 6 heteroatoms. The van der Waals surface area contributed by atoms with E-state index in [2.05, 4.69) is 5.32 Å². The Kier molecular flexibility index (Phi) is 4.48. The number of imide groups is 1. The van der Waals surface area contributed by atoms with Crippen molar-refractivity contribution >= 4 is 17.6 Å². The van der Waals surface area contributed by atoms with Gasteiger partial charge in [-0.2, -0.15) is 0 Å². The number of carbonyl (C=O) groups excluding carboxylic acids is 2. The number of rotatable bonds is 5. The molecule has 24 heavy (non-hydrogen) atoms. The van der Waals surface area contributed by atoms with Crippen LogP contribution >= 0.6 is 0 Å². The highest BCUT2D eigenvalue weighted by molar-refractivity contribution is 6.21. The second-order valence-corrected chi connectivity index (χ2v) is 5.52. The lowest BCUT2D eigenvalue weighted by atomic mass is 10.0. The van der Waals surface area contributed by atoms with Gasteiger partial charge in [0, 0.05) is 12.0 Å². The number of hydrogen-bond donors (Lipinski definition) is 2. The normalized spacial score (nSPS) is 17.1. The highest BCUT2D eigenvalue weighted by Crippen LogP contribution is 2.29. The van der Waals surface area contributed by atoms with Gasteiger partial charge < -0.3 is 15.2 Å². The molecule has 1 aliphatic rings. The number of amides is 3. The summed E-state index contributed by atoms with van der Waals surface area (Å²) in [6.45, 7) is -0.423. The number of anilines is 1. The number of ether oxygens (including phenoxy) is 1. The fourth-order valence-electron chi connectivity index (χ4n) is 2.76. The van der Waals surface area contributed by atoms with Gasteiger partial charge in [0.25, 0.3) is 5.91 Å². The summed E-state index contributed by atoms with van der Waals surface area (Å²) in [5.41, 5.74) is 2.42. The number of nitrogens with zero attached hydrogens (tertiary/aromatic N) is 1. The smallest absolute Gasteiger partial charge is 0.329 e. The Hall–Kier alpha value is -2.86. The average molecular weight is 326 g/mol. The van der Waals surface area contributed by atoms with E-state index in [-0.39, 0.29) is 0 Å². The zero-order valence-electron chi connectivity index (χ0n) is 13.2. The van der Waals surface area contributed by atoms with Crippen LogP contribution in [0.15, 0.2) is 48.5 Å². The maximum Gasteiger partial charge on any atom is 0.329 e. The van der Waals surface area contributed by atoms with Crippen molar-refractivity contribution in [3.8, 4) is 5.75 Å². The van der Waals surface area contributed by atoms with Gasteiger partial charge >= 0.3 is 6.03 Å². The second-order valence-electron chi connectivity index (χ2n) is 5.52. The number of aliphatic hydroxyl groups is 1. The van der Waals surface area contributed by atoms with Crippen molar-refractivity contribution < 1.29 is 19.4 Å². The van der Waals surface area contributed by atoms with Gasteiger partial charge in [0.1, 0.15) is 11.8 Å². The summed E-state index contributed by atoms with van der Waals surface area (Å²) in [6, 6.07) is 13.6. The molecule has 1 aliphatic heterocycles. The van der Waals surface area contributed by atoms with E-state index in [9.17, 15) is 9.59 Å². The van der Waals surface area contributed by atoms with Gasteiger partial charge in [-0.3, -0.25) is 4.79 Å². The van der Waals surface area contributed by atoms with Crippen molar-refractivity contribution in [2.45, 2.75) is 12.5 Å². The monoisotopic (exact) mass is 326 g/mol. The van der Waals surface area contributed by atoms with Crippen LogP contribution in [-0.4, -0.2) is 36.8 Å². The molecule has 2 aromatic carbocycles. The Morgan fingerprint density at radius 1 is 1.17 bits per heavy atom. The molecule has 1 fully saturated rings. The minimum atomic E-state index is -0.892. The van der Waals surface area contributed by atoms with Crippen molar-refractivity contribution in [3.63, 3.8) is 0 Å². The number of urea groups is 1. The Bertz CT molecular complexity index is 761. The third-order valence-electron chi connectivity index (χ3n) is 3.96. The van der Waals surface area contributed by atoms with Crippen LogP contribution in [0.4, 0.5) is 10.5 Å². The average Bonchev–Trinajstić information content (AvgIpc) is 2.89. The molecule has 1 heterocycles. The Balaban J connectivity index is 1.94. The summed E-state index contributed by atoms with van der Waals surface area (Å²) >= 11 is 0. The molecule has 1 atom stereocenters. The summed E-state index contributed by atoms with van der Waals surface area (Å²) in [4.78, 5) is 25.3. The summed E-state index contributed by atoms with van der Waals surface area (Å²) < 4.78 is 5.39. The molecule has 0 radical (unpaired) electrons. The minimum absolute atomic E-state index is 0.423. The fraction of sp³-hybridized carbons (Fsp3) is 0.222. The number of benzene rings is 2. The van der Waals surface area contributed by atoms with Crippen LogP contribution in [0.25, 0.3) is 0 Å². The number of hydrogen-bond acceptors (Lipinski definition) is 4. The van der Waals surface area contributed by atoms with E-state index in [0.29, 0.717) is 17.9 Å². The first-order valence-corrected chi connectivity index (χ1v) is 7.60. The predicted octanol–water partition coefficient (Wildman–Crippen LogP) is 1.70. The first-order valence-electron chi connectivity index (χ1n) is 7.60. The predicted molar refractivity (Wildman–Crippen MR) is 89.1 cm³/mol. The van der Waals surface area contributed by atoms with Crippen LogP contribution in [0.2, 0.25) is 0 Å². The van der Waals surface area contributed by atoms with E-state index in [0.717, 1.165) is 16.0 Å². The van der Waals surface area contributed by atoms with Crippen LogP contribution < -0.4 is 15.0 Å². The number of aliphatic hydroxyl groups excluding tert-OH is 1. The van der Waals surface area contributed by atoms with Crippen molar-refractivity contribution in [2.75, 3.05) is 18.6 Å². The fourth-order valence-corrected chi connectivity index (χ4v) is 2.76. The van der Waals surface area contributed by atoms with Crippen LogP contribution in [0.3, 0.4) is 0 Å². The molecule has 2 aromatic rings. The van der Waals surface area contributed by atoms with Gasteiger partial charge in [-0.1, -0.05) is 30.3 Å². The van der Waals surface area contributed by atoms with E-state index < -0.39 is 24.6 Å². The van der Waals surface area contributed by atoms with Crippen molar-refractivity contribution in [1.82, 2.24) is 5.32 Å². The van der Waals surface area contributed by atoms with E-state index in [1.807, 2.05) is 30.3 Å². The molecular formula is C18H18N2O4. The lowest BCUT2D eigenvalue weighted by Crippen LogP contribution is -2.33. The van der Waals surface area contributed by atoms with Crippen LogP contribution in [-0.2, 0) is 11.2 Å². The van der Waals surface area contributed by atoms with Crippen LogP contribution in [0, 0.1) is 0 Å². The molecule has 0 aliphatic carbocycles. The highest BCUT2D eigenvalue weighted by Gasteiger charge is 2.38. The number of carbonyl (C=O) groups is 2. The molecule has 1 unspecified atom stereocenters. The molecule has 0 spiro atoms. The van der Waals surface area contributed by atoms with E-state index in [1.165, 1.54) is 0 Å². The summed E-state index contributed by atoms with van der Waals surface area (Å²) in [5, 5.41) is 11.6. The largest absolute Gasteiger partial charge is 0.496 e. The van der Waals surface area contributed by atoms with Crippen LogP contribution in [0.5, 0.6) is 5.75 Å². The topological polar surface area (TPSA) is 78.9 Å². The van der Waals surface area contributed by atoms with Gasteiger partial charge in [-0.05, 0) is 23.8 Å². The maximum absolute atomic E-state index is 12.2. The summed E-state index contributed by atoms with van der Waals surface area (Å²) in [5.74, 6) is 0.228. The summed E-state index contributed by atoms with van der Waals surface area (Å²) in [6.07, 6.45) is 0.616. The first-order chi connectivity index (χ1) is 11.6. The van der Waals surface area contributed by atoms with Gasteiger partial charge in [-0.15, -0.1) is 0 Å². The Morgan fingerprint density at radius 2 is 1.92 bits per heavy atom. The van der Waals surface area contributed by atoms with Crippen molar-refractivity contribution in [2.24, 2.45) is 0 Å². The molecule has 1 saturated heterocycles. The quantitative estimate of drug-likeness (QED) is 0.820. The molecule has 3 amide bonds. The SMILES string of the molecule is COc1ccc(N2C(=O)NC(CO)C2=O)cc1Cc1ccccc1. The van der Waals surface area contributed by atoms with Gasteiger partial charge in [0.05, 0.1) is 19.4 Å². The van der Waals surface area contributed by atoms with Gasteiger partial charge in [-0.25, -0.2) is 9.69 Å². The lowest BCUT2D eigenvalue weighted by Gasteiger charge is -2.16. The number of nitrogens with one attached hydrogen (secondary N) is 1. The third kappa shape index (κ3) is 2.96. The lowest BCUT2D eigenvalue weighted by molar-refractivity contribution is -0.119. The highest BCUT2D eigenvalue weighted by atomic mass is 16.5. The van der Waals surface area contributed by atoms with Gasteiger partial charge in [0.2, 0.25) is 0 Å². The molecule has 0 saturated carbocycles. The van der Waals surface area contributed by atoms with E-state index in [1.54, 1.807) is 25.3 Å².